The molecule has 0 bridgehead atoms. The van der Waals surface area contributed by atoms with Crippen molar-refractivity contribution in [3.05, 3.63) is 70.7 Å². The zero-order valence-corrected chi connectivity index (χ0v) is 16.6. The number of benzene rings is 3. The summed E-state index contributed by atoms with van der Waals surface area (Å²) in [6.45, 7) is 0. The number of aromatic nitrogens is 4. The predicted molar refractivity (Wildman–Crippen MR) is 117 cm³/mol. The van der Waals surface area contributed by atoms with Crippen molar-refractivity contribution in [2.75, 3.05) is 5.43 Å². The van der Waals surface area contributed by atoms with Crippen LogP contribution in [-0.2, 0) is 7.05 Å². The van der Waals surface area contributed by atoms with Crippen LogP contribution >= 0.6 is 15.9 Å². The van der Waals surface area contributed by atoms with Gasteiger partial charge in [0.05, 0.1) is 11.7 Å². The topological polar surface area (TPSA) is 68.0 Å². The maximum atomic E-state index is 4.58. The lowest BCUT2D eigenvalue weighted by Crippen LogP contribution is -2.01. The molecular formula is C21H15BrN6. The molecule has 3 aromatic carbocycles. The summed E-state index contributed by atoms with van der Waals surface area (Å²) >= 11 is 3.51. The van der Waals surface area contributed by atoms with Crippen molar-refractivity contribution in [1.29, 1.82) is 0 Å². The summed E-state index contributed by atoms with van der Waals surface area (Å²) in [6, 6.07) is 20.4. The van der Waals surface area contributed by atoms with Gasteiger partial charge in [0.2, 0.25) is 0 Å². The molecule has 0 amide bonds. The van der Waals surface area contributed by atoms with Crippen LogP contribution in [0.5, 0.6) is 0 Å². The molecule has 6 nitrogen and oxygen atoms in total. The van der Waals surface area contributed by atoms with Crippen LogP contribution in [0.1, 0.15) is 5.56 Å². The van der Waals surface area contributed by atoms with Gasteiger partial charge >= 0.3 is 0 Å². The third-order valence-electron chi connectivity index (χ3n) is 4.75. The zero-order valence-electron chi connectivity index (χ0n) is 15.0. The number of aryl methyl sites for hydroxylation is 1. The normalized spacial score (nSPS) is 11.8. The van der Waals surface area contributed by atoms with Gasteiger partial charge in [0.15, 0.2) is 5.65 Å². The molecule has 0 spiro atoms. The molecule has 2 aromatic heterocycles. The lowest BCUT2D eigenvalue weighted by atomic mass is 10.1. The van der Waals surface area contributed by atoms with Crippen molar-refractivity contribution >= 4 is 60.9 Å². The predicted octanol–water partition coefficient (Wildman–Crippen LogP) is 4.88. The number of hydrogen-bond acceptors (Lipinski definition) is 5. The minimum absolute atomic E-state index is 0.356. The van der Waals surface area contributed by atoms with E-state index in [0.717, 1.165) is 37.5 Å². The Morgan fingerprint density at radius 2 is 1.86 bits per heavy atom. The maximum Gasteiger partial charge on any atom is 0.265 e. The Morgan fingerprint density at radius 3 is 2.79 bits per heavy atom. The summed E-state index contributed by atoms with van der Waals surface area (Å²) in [5.74, 6) is 0.356. The van der Waals surface area contributed by atoms with Gasteiger partial charge in [-0.3, -0.25) is 0 Å². The van der Waals surface area contributed by atoms with Gasteiger partial charge in [0.25, 0.3) is 5.95 Å². The SMILES string of the molecule is Cn1c2ccc(Br)cc2c2nnc(N/N=C/c3cccc4ccccc34)nc21. The van der Waals surface area contributed by atoms with E-state index in [9.17, 15) is 0 Å². The molecule has 28 heavy (non-hydrogen) atoms. The molecule has 1 N–H and O–H groups in total. The fourth-order valence-electron chi connectivity index (χ4n) is 3.40. The van der Waals surface area contributed by atoms with Crippen LogP contribution in [-0.4, -0.2) is 26.0 Å². The van der Waals surface area contributed by atoms with Crippen molar-refractivity contribution in [3.8, 4) is 0 Å². The molecule has 7 heteroatoms. The van der Waals surface area contributed by atoms with Crippen LogP contribution in [0, 0.1) is 0 Å². The van der Waals surface area contributed by atoms with E-state index in [1.54, 1.807) is 6.21 Å². The lowest BCUT2D eigenvalue weighted by molar-refractivity contribution is 0.949. The number of fused-ring (bicyclic) bond motifs is 4. The Balaban J connectivity index is 1.49. The molecule has 0 saturated carbocycles. The highest BCUT2D eigenvalue weighted by Crippen LogP contribution is 2.28. The molecule has 0 radical (unpaired) electrons. The summed E-state index contributed by atoms with van der Waals surface area (Å²) in [5.41, 5.74) is 6.49. The molecule has 2 heterocycles. The van der Waals surface area contributed by atoms with Crippen molar-refractivity contribution in [1.82, 2.24) is 19.7 Å². The second kappa shape index (κ2) is 6.69. The first-order chi connectivity index (χ1) is 13.7. The van der Waals surface area contributed by atoms with E-state index in [1.807, 2.05) is 54.1 Å². The molecular weight excluding hydrogens is 416 g/mol. The molecule has 0 fully saturated rings. The highest BCUT2D eigenvalue weighted by atomic mass is 79.9. The van der Waals surface area contributed by atoms with E-state index >= 15 is 0 Å². The standard InChI is InChI=1S/C21H15BrN6/c1-28-18-10-9-15(22)11-17(18)19-20(28)24-21(27-25-19)26-23-12-14-7-4-6-13-5-2-3-8-16(13)14/h2-12H,1H3,(H,24,26,27)/b23-12+. The second-order valence-electron chi connectivity index (χ2n) is 6.47. The van der Waals surface area contributed by atoms with Crippen LogP contribution in [0.15, 0.2) is 70.2 Å². The first kappa shape index (κ1) is 16.8. The van der Waals surface area contributed by atoms with E-state index < -0.39 is 0 Å². The average molecular weight is 431 g/mol. The molecule has 0 saturated heterocycles. The molecule has 5 rings (SSSR count). The Morgan fingerprint density at radius 1 is 1.00 bits per heavy atom. The first-order valence-electron chi connectivity index (χ1n) is 8.76. The van der Waals surface area contributed by atoms with Gasteiger partial charge < -0.3 is 4.57 Å². The summed E-state index contributed by atoms with van der Waals surface area (Å²) in [6.07, 6.45) is 1.77. The fraction of sp³-hybridized carbons (Fsp3) is 0.0476. The summed E-state index contributed by atoms with van der Waals surface area (Å²) < 4.78 is 3.00. The molecule has 0 aliphatic heterocycles. The average Bonchev–Trinajstić information content (AvgIpc) is 2.99. The van der Waals surface area contributed by atoms with Gasteiger partial charge in [-0.25, -0.2) is 5.43 Å². The van der Waals surface area contributed by atoms with Crippen LogP contribution in [0.4, 0.5) is 5.95 Å². The van der Waals surface area contributed by atoms with Gasteiger partial charge in [0.1, 0.15) is 5.52 Å². The molecule has 136 valence electrons. The van der Waals surface area contributed by atoms with Gasteiger partial charge in [-0.05, 0) is 29.0 Å². The number of hydrogen-bond donors (Lipinski definition) is 1. The molecule has 0 aliphatic carbocycles. The fourth-order valence-corrected chi connectivity index (χ4v) is 3.76. The monoisotopic (exact) mass is 430 g/mol. The summed E-state index contributed by atoms with van der Waals surface area (Å²) in [4.78, 5) is 4.58. The third-order valence-corrected chi connectivity index (χ3v) is 5.25. The lowest BCUT2D eigenvalue weighted by Gasteiger charge is -2.02. The van der Waals surface area contributed by atoms with Gasteiger partial charge in [-0.15, -0.1) is 10.2 Å². The van der Waals surface area contributed by atoms with Gasteiger partial charge in [0, 0.05) is 22.5 Å². The number of halogens is 1. The van der Waals surface area contributed by atoms with Crippen molar-refractivity contribution in [2.24, 2.45) is 12.1 Å². The molecule has 0 unspecified atom stereocenters. The smallest absolute Gasteiger partial charge is 0.265 e. The number of rotatable bonds is 3. The van der Waals surface area contributed by atoms with Crippen molar-refractivity contribution in [3.63, 3.8) is 0 Å². The van der Waals surface area contributed by atoms with Crippen LogP contribution < -0.4 is 5.43 Å². The zero-order chi connectivity index (χ0) is 19.1. The Hall–Kier alpha value is -3.32. The maximum absolute atomic E-state index is 4.58. The Kier molecular flexibility index (Phi) is 4.02. The highest BCUT2D eigenvalue weighted by Gasteiger charge is 2.12. The van der Waals surface area contributed by atoms with E-state index in [-0.39, 0.29) is 0 Å². The van der Waals surface area contributed by atoms with Crippen LogP contribution in [0.3, 0.4) is 0 Å². The molecule has 0 atom stereocenters. The minimum Gasteiger partial charge on any atom is -0.327 e. The van der Waals surface area contributed by atoms with E-state index in [4.69, 9.17) is 0 Å². The van der Waals surface area contributed by atoms with Crippen molar-refractivity contribution in [2.45, 2.75) is 0 Å². The van der Waals surface area contributed by atoms with E-state index in [2.05, 4.69) is 59.8 Å². The number of nitrogens with one attached hydrogen (secondary N) is 1. The molecule has 5 aromatic rings. The minimum atomic E-state index is 0.356. The van der Waals surface area contributed by atoms with Gasteiger partial charge in [-0.1, -0.05) is 58.4 Å². The van der Waals surface area contributed by atoms with Gasteiger partial charge in [-0.2, -0.15) is 10.1 Å². The summed E-state index contributed by atoms with van der Waals surface area (Å²) in [7, 11) is 1.97. The summed E-state index contributed by atoms with van der Waals surface area (Å²) in [5, 5.41) is 16.2. The van der Waals surface area contributed by atoms with Crippen molar-refractivity contribution < 1.29 is 0 Å². The van der Waals surface area contributed by atoms with E-state index in [1.165, 1.54) is 5.39 Å². The van der Waals surface area contributed by atoms with Crippen LogP contribution in [0.2, 0.25) is 0 Å². The number of hydrazone groups is 1. The quantitative estimate of drug-likeness (QED) is 0.327. The first-order valence-corrected chi connectivity index (χ1v) is 9.55. The molecule has 0 aliphatic rings. The largest absolute Gasteiger partial charge is 0.327 e. The third kappa shape index (κ3) is 2.80. The van der Waals surface area contributed by atoms with E-state index in [0.29, 0.717) is 5.95 Å². The second-order valence-corrected chi connectivity index (χ2v) is 7.38. The number of anilines is 1. The Labute approximate surface area is 169 Å². The van der Waals surface area contributed by atoms with Crippen LogP contribution in [0.25, 0.3) is 32.8 Å². The Bertz CT molecular complexity index is 1370. The highest BCUT2D eigenvalue weighted by molar-refractivity contribution is 9.10. The number of nitrogens with zero attached hydrogens (tertiary/aromatic N) is 5.